The van der Waals surface area contributed by atoms with Gasteiger partial charge in [0.25, 0.3) is 0 Å². The summed E-state index contributed by atoms with van der Waals surface area (Å²) < 4.78 is 0. The minimum absolute atomic E-state index is 0.0750. The van der Waals surface area contributed by atoms with E-state index in [1.165, 1.54) is 0 Å². The molecule has 1 aliphatic rings. The molecule has 104 valence electrons. The Morgan fingerprint density at radius 3 is 2.14 bits per heavy atom. The van der Waals surface area contributed by atoms with Crippen molar-refractivity contribution in [1.82, 2.24) is 19.9 Å². The van der Waals surface area contributed by atoms with E-state index in [4.69, 9.17) is 0 Å². The first-order chi connectivity index (χ1) is 10.3. The third-order valence-electron chi connectivity index (χ3n) is 3.16. The van der Waals surface area contributed by atoms with Gasteiger partial charge in [-0.05, 0) is 19.4 Å². The zero-order valence-electron chi connectivity index (χ0n) is 11.7. The third-order valence-corrected chi connectivity index (χ3v) is 3.16. The molecule has 0 spiro atoms. The summed E-state index contributed by atoms with van der Waals surface area (Å²) in [5.74, 6) is 0.467. The highest BCUT2D eigenvalue weighted by molar-refractivity contribution is 5.98. The van der Waals surface area contributed by atoms with Gasteiger partial charge in [-0.1, -0.05) is 0 Å². The zero-order chi connectivity index (χ0) is 14.7. The average molecular weight is 279 g/mol. The van der Waals surface area contributed by atoms with Gasteiger partial charge >= 0.3 is 0 Å². The van der Waals surface area contributed by atoms with Crippen LogP contribution in [0.4, 0.5) is 0 Å². The molecule has 2 aromatic heterocycles. The summed E-state index contributed by atoms with van der Waals surface area (Å²) >= 11 is 0. The van der Waals surface area contributed by atoms with Gasteiger partial charge in [-0.25, -0.2) is 4.98 Å². The molecule has 0 aromatic carbocycles. The number of hydrogen-bond acceptors (Lipinski definition) is 7. The van der Waals surface area contributed by atoms with Crippen LogP contribution in [0, 0.1) is 0 Å². The van der Waals surface area contributed by atoms with Crippen molar-refractivity contribution < 1.29 is 0 Å². The maximum absolute atomic E-state index is 4.55. The van der Waals surface area contributed by atoms with Crippen LogP contribution in [0.2, 0.25) is 0 Å². The van der Waals surface area contributed by atoms with Gasteiger partial charge in [0.1, 0.15) is 17.1 Å². The van der Waals surface area contributed by atoms with E-state index < -0.39 is 0 Å². The number of azo groups is 1. The van der Waals surface area contributed by atoms with Gasteiger partial charge in [0.15, 0.2) is 5.84 Å². The highest BCUT2D eigenvalue weighted by Gasteiger charge is 2.18. The number of aromatic nitrogens is 4. The SMILES string of the molecule is CC1=C(c2cnccn2)N=NC(c2cnccn2)=NC1C. The predicted octanol–water partition coefficient (Wildman–Crippen LogP) is 2.30. The molecule has 7 nitrogen and oxygen atoms in total. The Hall–Kier alpha value is -2.83. The van der Waals surface area contributed by atoms with Gasteiger partial charge in [0.05, 0.1) is 18.4 Å². The van der Waals surface area contributed by atoms with Crippen LogP contribution in [-0.4, -0.2) is 31.8 Å². The fourth-order valence-electron chi connectivity index (χ4n) is 1.89. The molecule has 0 fully saturated rings. The van der Waals surface area contributed by atoms with E-state index in [1.54, 1.807) is 37.2 Å². The first kappa shape index (κ1) is 13.2. The lowest BCUT2D eigenvalue weighted by Gasteiger charge is -2.08. The first-order valence-corrected chi connectivity index (χ1v) is 6.49. The van der Waals surface area contributed by atoms with Gasteiger partial charge in [-0.15, -0.1) is 10.2 Å². The molecule has 0 bridgehead atoms. The van der Waals surface area contributed by atoms with Crippen LogP contribution in [0.15, 0.2) is 58.0 Å². The van der Waals surface area contributed by atoms with Crippen molar-refractivity contribution in [3.05, 3.63) is 54.1 Å². The number of hydrogen-bond donors (Lipinski definition) is 0. The summed E-state index contributed by atoms with van der Waals surface area (Å²) in [6.07, 6.45) is 9.75. The number of nitrogens with zero attached hydrogens (tertiary/aromatic N) is 7. The quantitative estimate of drug-likeness (QED) is 0.843. The van der Waals surface area contributed by atoms with E-state index in [1.807, 2.05) is 13.8 Å². The maximum atomic E-state index is 4.55. The molecule has 1 atom stereocenters. The lowest BCUT2D eigenvalue weighted by Crippen LogP contribution is -2.07. The Kier molecular flexibility index (Phi) is 3.55. The maximum Gasteiger partial charge on any atom is 0.198 e. The standard InChI is InChI=1S/C14H13N7/c1-9-10(2)19-14(12-8-16-4-6-18-12)21-20-13(9)11-7-15-3-5-17-11/h3-8,10H,1-2H3. The Morgan fingerprint density at radius 1 is 0.857 bits per heavy atom. The van der Waals surface area contributed by atoms with E-state index in [9.17, 15) is 0 Å². The summed E-state index contributed by atoms with van der Waals surface area (Å²) in [6.45, 7) is 3.95. The van der Waals surface area contributed by atoms with Crippen molar-refractivity contribution >= 4 is 11.5 Å². The van der Waals surface area contributed by atoms with Crippen LogP contribution < -0.4 is 0 Å². The van der Waals surface area contributed by atoms with Crippen molar-refractivity contribution in [2.45, 2.75) is 19.9 Å². The van der Waals surface area contributed by atoms with Crippen molar-refractivity contribution in [1.29, 1.82) is 0 Å². The minimum atomic E-state index is -0.0750. The minimum Gasteiger partial charge on any atom is -0.261 e. The largest absolute Gasteiger partial charge is 0.261 e. The monoisotopic (exact) mass is 279 g/mol. The molecule has 0 saturated carbocycles. The fraction of sp³-hybridized carbons (Fsp3) is 0.214. The molecule has 0 radical (unpaired) electrons. The van der Waals surface area contributed by atoms with Crippen molar-refractivity contribution in [2.24, 2.45) is 15.2 Å². The summed E-state index contributed by atoms with van der Waals surface area (Å²) in [5, 5.41) is 8.49. The highest BCUT2D eigenvalue weighted by Crippen LogP contribution is 2.25. The summed E-state index contributed by atoms with van der Waals surface area (Å²) in [5.41, 5.74) is 2.96. The fourth-order valence-corrected chi connectivity index (χ4v) is 1.89. The van der Waals surface area contributed by atoms with Crippen LogP contribution in [-0.2, 0) is 0 Å². The van der Waals surface area contributed by atoms with E-state index in [-0.39, 0.29) is 6.04 Å². The van der Waals surface area contributed by atoms with Crippen LogP contribution in [0.5, 0.6) is 0 Å². The van der Waals surface area contributed by atoms with Crippen molar-refractivity contribution in [3.63, 3.8) is 0 Å². The Bertz CT molecular complexity index is 720. The molecule has 0 N–H and O–H groups in total. The van der Waals surface area contributed by atoms with E-state index in [0.717, 1.165) is 5.57 Å². The Morgan fingerprint density at radius 2 is 1.52 bits per heavy atom. The smallest absolute Gasteiger partial charge is 0.198 e. The molecular formula is C14H13N7. The zero-order valence-corrected chi connectivity index (χ0v) is 11.7. The van der Waals surface area contributed by atoms with Crippen molar-refractivity contribution in [3.8, 4) is 0 Å². The molecule has 0 amide bonds. The second kappa shape index (κ2) is 5.66. The van der Waals surface area contributed by atoms with Gasteiger partial charge in [0.2, 0.25) is 0 Å². The number of amidine groups is 1. The van der Waals surface area contributed by atoms with Gasteiger partial charge < -0.3 is 0 Å². The van der Waals surface area contributed by atoms with Gasteiger partial charge in [0, 0.05) is 24.8 Å². The van der Waals surface area contributed by atoms with Crippen LogP contribution in [0.25, 0.3) is 5.70 Å². The topological polar surface area (TPSA) is 88.6 Å². The second-order valence-corrected chi connectivity index (χ2v) is 4.54. The molecule has 3 heterocycles. The lowest BCUT2D eigenvalue weighted by molar-refractivity contribution is 0.863. The van der Waals surface area contributed by atoms with Crippen molar-refractivity contribution in [2.75, 3.05) is 0 Å². The van der Waals surface area contributed by atoms with Gasteiger partial charge in [-0.2, -0.15) is 0 Å². The molecule has 1 aliphatic heterocycles. The average Bonchev–Trinajstić information content (AvgIpc) is 2.69. The molecular weight excluding hydrogens is 266 g/mol. The third kappa shape index (κ3) is 2.71. The highest BCUT2D eigenvalue weighted by atomic mass is 15.2. The van der Waals surface area contributed by atoms with E-state index in [2.05, 4.69) is 35.2 Å². The van der Waals surface area contributed by atoms with Gasteiger partial charge in [-0.3, -0.25) is 19.9 Å². The molecule has 21 heavy (non-hydrogen) atoms. The Labute approximate surface area is 121 Å². The summed E-state index contributed by atoms with van der Waals surface area (Å²) in [7, 11) is 0. The molecule has 3 rings (SSSR count). The first-order valence-electron chi connectivity index (χ1n) is 6.49. The number of rotatable bonds is 2. The molecule has 7 heteroatoms. The summed E-state index contributed by atoms with van der Waals surface area (Å²) in [4.78, 5) is 21.1. The van der Waals surface area contributed by atoms with Crippen LogP contribution in [0.1, 0.15) is 25.2 Å². The van der Waals surface area contributed by atoms with E-state index in [0.29, 0.717) is 22.9 Å². The molecule has 1 unspecified atom stereocenters. The van der Waals surface area contributed by atoms with E-state index >= 15 is 0 Å². The molecule has 0 aliphatic carbocycles. The van der Waals surface area contributed by atoms with Crippen LogP contribution in [0.3, 0.4) is 0 Å². The Balaban J connectivity index is 2.02. The second-order valence-electron chi connectivity index (χ2n) is 4.54. The predicted molar refractivity (Wildman–Crippen MR) is 77.5 cm³/mol. The summed E-state index contributed by atoms with van der Waals surface area (Å²) in [6, 6.07) is -0.0750. The molecule has 2 aromatic rings. The van der Waals surface area contributed by atoms with Crippen LogP contribution >= 0.6 is 0 Å². The normalized spacial score (nSPS) is 18.4. The number of aliphatic imine (C=N–C) groups is 1. The lowest BCUT2D eigenvalue weighted by atomic mass is 10.1. The molecule has 0 saturated heterocycles.